The predicted molar refractivity (Wildman–Crippen MR) is 157 cm³/mol. The molecule has 5 nitrogen and oxygen atoms in total. The summed E-state index contributed by atoms with van der Waals surface area (Å²) < 4.78 is 13.6. The molecule has 0 heterocycles. The van der Waals surface area contributed by atoms with Gasteiger partial charge in [0.2, 0.25) is 5.91 Å². The molecule has 35 heavy (non-hydrogen) atoms. The van der Waals surface area contributed by atoms with Gasteiger partial charge >= 0.3 is 0 Å². The lowest BCUT2D eigenvalue weighted by Gasteiger charge is -2.13. The molecule has 4 rings (SSSR count). The van der Waals surface area contributed by atoms with E-state index in [0.29, 0.717) is 13.2 Å². The lowest BCUT2D eigenvalue weighted by atomic mass is 10.1. The van der Waals surface area contributed by atoms with Gasteiger partial charge in [-0.15, -0.1) is 0 Å². The third-order valence-electron chi connectivity index (χ3n) is 5.27. The highest BCUT2D eigenvalue weighted by Gasteiger charge is 2.10. The maximum atomic E-state index is 12.2. The fraction of sp³-hybridized carbons (Fsp3) is 0.143. The Balaban J connectivity index is 1.36. The molecule has 0 aromatic heterocycles. The number of nitrogens with one attached hydrogen (secondary N) is 1. The Morgan fingerprint density at radius 1 is 0.943 bits per heavy atom. The van der Waals surface area contributed by atoms with Crippen LogP contribution in [-0.2, 0) is 17.8 Å². The molecule has 0 aliphatic carbocycles. The lowest BCUT2D eigenvalue weighted by molar-refractivity contribution is -0.120. The Bertz CT molecular complexity index is 1330. The summed E-state index contributed by atoms with van der Waals surface area (Å²) in [5, 5.41) is 6.53. The van der Waals surface area contributed by atoms with Crippen LogP contribution in [0.2, 0.25) is 0 Å². The van der Waals surface area contributed by atoms with Crippen molar-refractivity contribution in [1.29, 1.82) is 0 Å². The number of hydrazone groups is 1. The molecule has 7 heteroatoms. The second-order valence-corrected chi connectivity index (χ2v) is 10.1. The molecule has 0 bridgehead atoms. The molecule has 0 aliphatic rings. The lowest BCUT2D eigenvalue weighted by Crippen LogP contribution is -2.19. The summed E-state index contributed by atoms with van der Waals surface area (Å²) >= 11 is 4.54. The highest BCUT2D eigenvalue weighted by atomic mass is 127. The number of fused-ring (bicyclic) bond motifs is 1. The summed E-state index contributed by atoms with van der Waals surface area (Å²) in [4.78, 5) is 12.2. The average Bonchev–Trinajstić information content (AvgIpc) is 2.85. The summed E-state index contributed by atoms with van der Waals surface area (Å²) in [7, 11) is 0. The average molecular weight is 690 g/mol. The first-order chi connectivity index (χ1) is 17.0. The number of benzene rings is 4. The van der Waals surface area contributed by atoms with Gasteiger partial charge < -0.3 is 9.47 Å². The SMILES string of the molecule is CCOc1ccc(CC(=O)N/N=C/c2cc(I)c(OCc3cccc4ccccc34)c(I)c2)cc1. The zero-order valence-electron chi connectivity index (χ0n) is 19.1. The molecule has 0 atom stereocenters. The minimum absolute atomic E-state index is 0.176. The highest BCUT2D eigenvalue weighted by Crippen LogP contribution is 2.30. The molecule has 1 N–H and O–H groups in total. The first-order valence-electron chi connectivity index (χ1n) is 11.2. The number of nitrogens with zero attached hydrogens (tertiary/aromatic N) is 1. The quantitative estimate of drug-likeness (QED) is 0.121. The number of carbonyl (C=O) groups excluding carboxylic acids is 1. The van der Waals surface area contributed by atoms with Crippen LogP contribution >= 0.6 is 45.2 Å². The number of hydrogen-bond acceptors (Lipinski definition) is 4. The molecule has 0 spiro atoms. The van der Waals surface area contributed by atoms with Gasteiger partial charge in [0.25, 0.3) is 0 Å². The van der Waals surface area contributed by atoms with Crippen molar-refractivity contribution in [3.05, 3.63) is 103 Å². The van der Waals surface area contributed by atoms with Crippen molar-refractivity contribution in [2.45, 2.75) is 20.0 Å². The Hall–Kier alpha value is -2.66. The van der Waals surface area contributed by atoms with Crippen LogP contribution in [0.25, 0.3) is 10.8 Å². The number of ether oxygens (including phenoxy) is 2. The van der Waals surface area contributed by atoms with Gasteiger partial charge in [-0.2, -0.15) is 5.10 Å². The standard InChI is InChI=1S/C28H24I2N2O3/c1-2-34-23-12-10-19(11-13-23)16-27(33)32-31-17-20-14-25(29)28(26(30)15-20)35-18-22-8-5-7-21-6-3-4-9-24(21)22/h3-15,17H,2,16,18H2,1H3,(H,32,33)/b31-17+. The van der Waals surface area contributed by atoms with Crippen molar-refractivity contribution in [1.82, 2.24) is 5.43 Å². The van der Waals surface area contributed by atoms with Crippen molar-refractivity contribution in [2.24, 2.45) is 5.10 Å². The van der Waals surface area contributed by atoms with Crippen LogP contribution in [0.1, 0.15) is 23.6 Å². The van der Waals surface area contributed by atoms with Crippen LogP contribution in [0.15, 0.2) is 84.0 Å². The minimum Gasteiger partial charge on any atom is -0.494 e. The van der Waals surface area contributed by atoms with Gasteiger partial charge in [-0.25, -0.2) is 5.43 Å². The van der Waals surface area contributed by atoms with Crippen molar-refractivity contribution in [2.75, 3.05) is 6.61 Å². The third-order valence-corrected chi connectivity index (χ3v) is 6.88. The van der Waals surface area contributed by atoms with E-state index in [1.165, 1.54) is 10.8 Å². The van der Waals surface area contributed by atoms with Crippen molar-refractivity contribution in [3.8, 4) is 11.5 Å². The van der Waals surface area contributed by atoms with Gasteiger partial charge in [0.15, 0.2) is 0 Å². The number of hydrogen-bond donors (Lipinski definition) is 1. The molecule has 0 fully saturated rings. The summed E-state index contributed by atoms with van der Waals surface area (Å²) in [5.74, 6) is 1.46. The first kappa shape index (κ1) is 25.4. The predicted octanol–water partition coefficient (Wildman–Crippen LogP) is 6.72. The Labute approximate surface area is 232 Å². The molecule has 0 saturated carbocycles. The number of amides is 1. The summed E-state index contributed by atoms with van der Waals surface area (Å²) in [6, 6.07) is 26.1. The van der Waals surface area contributed by atoms with Gasteiger partial charge in [0, 0.05) is 0 Å². The van der Waals surface area contributed by atoms with Crippen molar-refractivity contribution in [3.63, 3.8) is 0 Å². The number of halogens is 2. The Kier molecular flexibility index (Phi) is 8.97. The molecule has 0 unspecified atom stereocenters. The van der Waals surface area contributed by atoms with E-state index in [1.54, 1.807) is 6.21 Å². The normalized spacial score (nSPS) is 11.1. The van der Waals surface area contributed by atoms with Crippen LogP contribution in [-0.4, -0.2) is 18.7 Å². The maximum Gasteiger partial charge on any atom is 0.244 e. The molecule has 0 saturated heterocycles. The number of rotatable bonds is 9. The second kappa shape index (κ2) is 12.3. The van der Waals surface area contributed by atoms with E-state index >= 15 is 0 Å². The zero-order chi connectivity index (χ0) is 24.6. The van der Waals surface area contributed by atoms with E-state index in [9.17, 15) is 4.79 Å². The smallest absolute Gasteiger partial charge is 0.244 e. The van der Waals surface area contributed by atoms with Gasteiger partial charge in [0.05, 0.1) is 26.4 Å². The molecular formula is C28H24I2N2O3. The molecule has 4 aromatic carbocycles. The van der Waals surface area contributed by atoms with E-state index in [0.717, 1.165) is 35.3 Å². The van der Waals surface area contributed by atoms with E-state index in [2.05, 4.69) is 86.0 Å². The Morgan fingerprint density at radius 2 is 1.66 bits per heavy atom. The van der Waals surface area contributed by atoms with Crippen LogP contribution in [0, 0.1) is 7.14 Å². The molecule has 178 valence electrons. The van der Waals surface area contributed by atoms with Gasteiger partial charge in [-0.3, -0.25) is 4.79 Å². The van der Waals surface area contributed by atoms with Gasteiger partial charge in [0.1, 0.15) is 18.1 Å². The van der Waals surface area contributed by atoms with Crippen LogP contribution in [0.5, 0.6) is 11.5 Å². The zero-order valence-corrected chi connectivity index (χ0v) is 23.4. The summed E-state index contributed by atoms with van der Waals surface area (Å²) in [6.07, 6.45) is 1.90. The van der Waals surface area contributed by atoms with Crippen LogP contribution in [0.3, 0.4) is 0 Å². The minimum atomic E-state index is -0.176. The van der Waals surface area contributed by atoms with E-state index < -0.39 is 0 Å². The molecule has 0 radical (unpaired) electrons. The summed E-state index contributed by atoms with van der Waals surface area (Å²) in [6.45, 7) is 3.04. The van der Waals surface area contributed by atoms with E-state index in [1.807, 2.05) is 55.5 Å². The first-order valence-corrected chi connectivity index (χ1v) is 13.3. The van der Waals surface area contributed by atoms with Gasteiger partial charge in [-0.1, -0.05) is 54.6 Å². The van der Waals surface area contributed by atoms with E-state index in [4.69, 9.17) is 9.47 Å². The monoisotopic (exact) mass is 690 g/mol. The number of carbonyl (C=O) groups is 1. The highest BCUT2D eigenvalue weighted by molar-refractivity contribution is 14.1. The summed E-state index contributed by atoms with van der Waals surface area (Å²) in [5.41, 5.74) is 5.54. The van der Waals surface area contributed by atoms with Crippen LogP contribution in [0.4, 0.5) is 0 Å². The largest absolute Gasteiger partial charge is 0.494 e. The fourth-order valence-electron chi connectivity index (χ4n) is 3.63. The molecule has 1 amide bonds. The third kappa shape index (κ3) is 6.94. The van der Waals surface area contributed by atoms with E-state index in [-0.39, 0.29) is 12.3 Å². The van der Waals surface area contributed by atoms with Crippen molar-refractivity contribution < 1.29 is 14.3 Å². The van der Waals surface area contributed by atoms with Crippen molar-refractivity contribution >= 4 is 68.1 Å². The molecule has 0 aliphatic heterocycles. The molecular weight excluding hydrogens is 666 g/mol. The maximum absolute atomic E-state index is 12.2. The second-order valence-electron chi connectivity index (χ2n) is 7.79. The topological polar surface area (TPSA) is 59.9 Å². The fourth-order valence-corrected chi connectivity index (χ4v) is 5.76. The molecule has 4 aromatic rings. The van der Waals surface area contributed by atoms with Gasteiger partial charge in [-0.05, 0) is 104 Å². The van der Waals surface area contributed by atoms with Crippen LogP contribution < -0.4 is 14.9 Å². The Morgan fingerprint density at radius 3 is 2.40 bits per heavy atom.